The molecule has 20 heavy (non-hydrogen) atoms. The molecule has 0 bridgehead atoms. The van der Waals surface area contributed by atoms with E-state index in [1.165, 1.54) is 0 Å². The van der Waals surface area contributed by atoms with Gasteiger partial charge in [0.1, 0.15) is 9.90 Å². The van der Waals surface area contributed by atoms with E-state index in [4.69, 9.17) is 10.5 Å². The minimum Gasteiger partial charge on any atom is -0.383 e. The first-order valence-corrected chi connectivity index (χ1v) is 8.94. The van der Waals surface area contributed by atoms with Gasteiger partial charge in [0.15, 0.2) is 15.7 Å². The second-order valence-corrected chi connectivity index (χ2v) is 8.36. The van der Waals surface area contributed by atoms with Crippen molar-refractivity contribution in [2.75, 3.05) is 24.8 Å². The molecule has 0 saturated heterocycles. The Kier molecular flexibility index (Phi) is 4.55. The summed E-state index contributed by atoms with van der Waals surface area (Å²) in [6, 6.07) is 0.0213. The zero-order valence-corrected chi connectivity index (χ0v) is 13.6. The molecule has 3 N–H and O–H groups in total. The van der Waals surface area contributed by atoms with E-state index in [9.17, 15) is 8.42 Å². The highest BCUT2D eigenvalue weighted by molar-refractivity contribution is 7.92. The van der Waals surface area contributed by atoms with Crippen LogP contribution in [0.4, 0.5) is 10.8 Å². The number of ether oxygens (including phenoxy) is 1. The Morgan fingerprint density at radius 3 is 2.65 bits per heavy atom. The van der Waals surface area contributed by atoms with Gasteiger partial charge < -0.3 is 15.8 Å². The van der Waals surface area contributed by atoms with E-state index in [1.807, 2.05) is 0 Å². The van der Waals surface area contributed by atoms with Gasteiger partial charge in [-0.3, -0.25) is 0 Å². The molecule has 0 radical (unpaired) electrons. The minimum atomic E-state index is -3.35. The van der Waals surface area contributed by atoms with Crippen molar-refractivity contribution in [1.82, 2.24) is 4.37 Å². The predicted octanol–water partition coefficient (Wildman–Crippen LogP) is 1.74. The number of anilines is 2. The minimum absolute atomic E-state index is 0.0213. The lowest BCUT2D eigenvalue weighted by molar-refractivity contribution is 0.171. The third-order valence-corrected chi connectivity index (χ3v) is 6.64. The van der Waals surface area contributed by atoms with Crippen LogP contribution in [0.1, 0.15) is 26.7 Å². The summed E-state index contributed by atoms with van der Waals surface area (Å²) in [4.78, 5) is 0.173. The molecular formula is C12H21N3O3S2. The maximum absolute atomic E-state index is 12.4. The van der Waals surface area contributed by atoms with E-state index in [0.717, 1.165) is 11.5 Å². The van der Waals surface area contributed by atoms with Crippen LogP contribution >= 0.6 is 11.5 Å². The van der Waals surface area contributed by atoms with Crippen LogP contribution in [0.5, 0.6) is 0 Å². The molecule has 0 aliphatic heterocycles. The molecule has 1 aromatic rings. The summed E-state index contributed by atoms with van der Waals surface area (Å²) >= 11 is 1.10. The molecule has 0 spiro atoms. The summed E-state index contributed by atoms with van der Waals surface area (Å²) in [7, 11) is -1.73. The van der Waals surface area contributed by atoms with Crippen LogP contribution in [0, 0.1) is 5.92 Å². The topological polar surface area (TPSA) is 94.3 Å². The maximum atomic E-state index is 12.4. The second-order valence-electron chi connectivity index (χ2n) is 5.42. The predicted molar refractivity (Wildman–Crippen MR) is 80.9 cm³/mol. The van der Waals surface area contributed by atoms with Crippen LogP contribution in [-0.4, -0.2) is 37.8 Å². The Labute approximate surface area is 123 Å². The zero-order valence-electron chi connectivity index (χ0n) is 11.9. The molecule has 1 fully saturated rings. The van der Waals surface area contributed by atoms with Crippen molar-refractivity contribution in [2.45, 2.75) is 42.9 Å². The number of nitrogens with zero attached hydrogens (tertiary/aromatic N) is 1. The fourth-order valence-corrected chi connectivity index (χ4v) is 4.89. The van der Waals surface area contributed by atoms with Gasteiger partial charge in [0, 0.05) is 7.11 Å². The van der Waals surface area contributed by atoms with Gasteiger partial charge in [-0.15, -0.1) is 0 Å². The van der Waals surface area contributed by atoms with Crippen LogP contribution in [0.2, 0.25) is 0 Å². The van der Waals surface area contributed by atoms with Gasteiger partial charge in [0.25, 0.3) is 0 Å². The van der Waals surface area contributed by atoms with E-state index in [2.05, 4.69) is 23.5 Å². The fourth-order valence-electron chi connectivity index (χ4n) is 1.95. The van der Waals surface area contributed by atoms with Crippen LogP contribution < -0.4 is 11.1 Å². The molecule has 1 aliphatic carbocycles. The lowest BCUT2D eigenvalue weighted by Crippen LogP contribution is -2.30. The molecule has 0 aromatic carbocycles. The summed E-state index contributed by atoms with van der Waals surface area (Å²) in [6.45, 7) is 4.60. The summed E-state index contributed by atoms with van der Waals surface area (Å²) in [5, 5.41) is 3.47. The molecule has 0 amide bonds. The first-order valence-electron chi connectivity index (χ1n) is 6.62. The first kappa shape index (κ1) is 15.5. The van der Waals surface area contributed by atoms with Gasteiger partial charge in [-0.05, 0) is 30.3 Å². The number of methoxy groups -OCH3 is 1. The molecule has 1 aromatic heterocycles. The summed E-state index contributed by atoms with van der Waals surface area (Å²) in [6.07, 6.45) is 1.42. The van der Waals surface area contributed by atoms with Crippen molar-refractivity contribution < 1.29 is 13.2 Å². The van der Waals surface area contributed by atoms with Crippen molar-refractivity contribution in [2.24, 2.45) is 5.92 Å². The second kappa shape index (κ2) is 5.87. The molecule has 2 rings (SSSR count). The lowest BCUT2D eigenvalue weighted by Gasteiger charge is -2.22. The molecule has 114 valence electrons. The van der Waals surface area contributed by atoms with Crippen molar-refractivity contribution in [1.29, 1.82) is 0 Å². The molecule has 1 aliphatic rings. The van der Waals surface area contributed by atoms with E-state index >= 15 is 0 Å². The van der Waals surface area contributed by atoms with E-state index in [1.54, 1.807) is 7.11 Å². The van der Waals surface area contributed by atoms with Gasteiger partial charge in [-0.2, -0.15) is 4.37 Å². The van der Waals surface area contributed by atoms with Gasteiger partial charge >= 0.3 is 0 Å². The zero-order chi connectivity index (χ0) is 14.9. The molecule has 1 unspecified atom stereocenters. The average molecular weight is 319 g/mol. The summed E-state index contributed by atoms with van der Waals surface area (Å²) in [5.74, 6) is 0.402. The Morgan fingerprint density at radius 2 is 2.15 bits per heavy atom. The number of nitrogens with two attached hydrogens (primary N) is 1. The number of rotatable bonds is 7. The third kappa shape index (κ3) is 3.07. The van der Waals surface area contributed by atoms with E-state index < -0.39 is 9.84 Å². The van der Waals surface area contributed by atoms with Crippen LogP contribution in [0.25, 0.3) is 0 Å². The normalized spacial score (nSPS) is 17.4. The van der Waals surface area contributed by atoms with Crippen molar-refractivity contribution in [3.05, 3.63) is 0 Å². The Bertz CT molecular complexity index is 565. The highest BCUT2D eigenvalue weighted by Crippen LogP contribution is 2.41. The molecule has 8 heteroatoms. The van der Waals surface area contributed by atoms with Crippen LogP contribution in [-0.2, 0) is 14.6 Å². The van der Waals surface area contributed by atoms with Gasteiger partial charge in [-0.1, -0.05) is 13.8 Å². The summed E-state index contributed by atoms with van der Waals surface area (Å²) < 4.78 is 34.0. The van der Waals surface area contributed by atoms with Crippen molar-refractivity contribution in [3.8, 4) is 0 Å². The van der Waals surface area contributed by atoms with Gasteiger partial charge in [0.2, 0.25) is 0 Å². The maximum Gasteiger partial charge on any atom is 0.187 e. The van der Waals surface area contributed by atoms with Crippen molar-refractivity contribution in [3.63, 3.8) is 0 Å². The standard InChI is InChI=1S/C12H21N3O3S2/c1-7(2)9(6-18-3)14-12-10(11(13)15-19-12)20(16,17)8-4-5-8/h7-9,14H,4-6H2,1-3H3,(H2,13,15). The Morgan fingerprint density at radius 1 is 1.50 bits per heavy atom. The Balaban J connectivity index is 2.29. The number of nitrogen functional groups attached to an aromatic ring is 1. The molecular weight excluding hydrogens is 298 g/mol. The first-order chi connectivity index (χ1) is 9.37. The molecule has 6 nitrogen and oxygen atoms in total. The number of aromatic nitrogens is 1. The van der Waals surface area contributed by atoms with Gasteiger partial charge in [0.05, 0.1) is 17.9 Å². The van der Waals surface area contributed by atoms with E-state index in [0.29, 0.717) is 30.4 Å². The number of nitrogens with one attached hydrogen (secondary N) is 1. The molecule has 1 saturated carbocycles. The Hall–Kier alpha value is -0.860. The highest BCUT2D eigenvalue weighted by atomic mass is 32.2. The molecule has 1 atom stereocenters. The number of hydrogen-bond acceptors (Lipinski definition) is 7. The average Bonchev–Trinajstić information content (AvgIpc) is 3.14. The number of hydrogen-bond donors (Lipinski definition) is 2. The SMILES string of the molecule is COCC(Nc1snc(N)c1S(=O)(=O)C1CC1)C(C)C. The van der Waals surface area contributed by atoms with Crippen LogP contribution in [0.3, 0.4) is 0 Å². The largest absolute Gasteiger partial charge is 0.383 e. The van der Waals surface area contributed by atoms with Gasteiger partial charge in [-0.25, -0.2) is 8.42 Å². The quantitative estimate of drug-likeness (QED) is 0.795. The van der Waals surface area contributed by atoms with Crippen LogP contribution in [0.15, 0.2) is 4.90 Å². The van der Waals surface area contributed by atoms with Crippen molar-refractivity contribution >= 4 is 32.2 Å². The molecule has 1 heterocycles. The lowest BCUT2D eigenvalue weighted by atomic mass is 10.1. The fraction of sp³-hybridized carbons (Fsp3) is 0.750. The number of sulfone groups is 1. The monoisotopic (exact) mass is 319 g/mol. The van der Waals surface area contributed by atoms with E-state index in [-0.39, 0.29) is 22.0 Å². The highest BCUT2D eigenvalue weighted by Gasteiger charge is 2.41. The summed E-state index contributed by atoms with van der Waals surface area (Å²) in [5.41, 5.74) is 5.77. The third-order valence-electron chi connectivity index (χ3n) is 3.39. The smallest absolute Gasteiger partial charge is 0.187 e.